The normalized spacial score (nSPS) is 9.85. The SMILES string of the molecule is Cc1ccc(O)c(NC(=O)NCOc2ccccc2)c1. The highest BCUT2D eigenvalue weighted by atomic mass is 16.5. The maximum absolute atomic E-state index is 11.7. The fourth-order valence-corrected chi connectivity index (χ4v) is 1.62. The van der Waals surface area contributed by atoms with Gasteiger partial charge < -0.3 is 20.5 Å². The van der Waals surface area contributed by atoms with Crippen LogP contribution in [0.1, 0.15) is 5.56 Å². The number of hydrogen-bond donors (Lipinski definition) is 3. The van der Waals surface area contributed by atoms with Crippen molar-refractivity contribution in [3.05, 3.63) is 54.1 Å². The summed E-state index contributed by atoms with van der Waals surface area (Å²) in [6.07, 6.45) is 0. The first-order valence-corrected chi connectivity index (χ1v) is 6.17. The highest BCUT2D eigenvalue weighted by Gasteiger charge is 2.05. The Labute approximate surface area is 117 Å². The fourth-order valence-electron chi connectivity index (χ4n) is 1.62. The minimum absolute atomic E-state index is 0.0229. The molecule has 0 atom stereocenters. The van der Waals surface area contributed by atoms with Gasteiger partial charge in [-0.05, 0) is 36.8 Å². The molecule has 5 heteroatoms. The van der Waals surface area contributed by atoms with Gasteiger partial charge in [-0.2, -0.15) is 0 Å². The third kappa shape index (κ3) is 3.91. The number of hydrogen-bond acceptors (Lipinski definition) is 3. The summed E-state index contributed by atoms with van der Waals surface area (Å²) < 4.78 is 5.33. The number of carbonyl (C=O) groups excluding carboxylic acids is 1. The second kappa shape index (κ2) is 6.47. The van der Waals surface area contributed by atoms with Crippen molar-refractivity contribution in [3.8, 4) is 11.5 Å². The van der Waals surface area contributed by atoms with Gasteiger partial charge >= 0.3 is 6.03 Å². The number of aromatic hydroxyl groups is 1. The summed E-state index contributed by atoms with van der Waals surface area (Å²) in [6, 6.07) is 13.7. The Hall–Kier alpha value is -2.69. The summed E-state index contributed by atoms with van der Waals surface area (Å²) >= 11 is 0. The van der Waals surface area contributed by atoms with Crippen molar-refractivity contribution in [2.45, 2.75) is 6.92 Å². The summed E-state index contributed by atoms with van der Waals surface area (Å²) in [5, 5.41) is 14.7. The molecule has 0 radical (unpaired) electrons. The van der Waals surface area contributed by atoms with E-state index in [0.717, 1.165) is 5.56 Å². The molecule has 0 aromatic heterocycles. The Morgan fingerprint density at radius 3 is 2.70 bits per heavy atom. The van der Waals surface area contributed by atoms with Crippen LogP contribution in [0, 0.1) is 6.92 Å². The van der Waals surface area contributed by atoms with Gasteiger partial charge in [0.25, 0.3) is 0 Å². The molecule has 0 saturated carbocycles. The number of phenolic OH excluding ortho intramolecular Hbond substituents is 1. The number of carbonyl (C=O) groups is 1. The van der Waals surface area contributed by atoms with Gasteiger partial charge in [0.2, 0.25) is 0 Å². The van der Waals surface area contributed by atoms with Crippen LogP contribution in [0.2, 0.25) is 0 Å². The average Bonchev–Trinajstić information content (AvgIpc) is 2.44. The van der Waals surface area contributed by atoms with Gasteiger partial charge in [0.05, 0.1) is 5.69 Å². The molecule has 0 heterocycles. The van der Waals surface area contributed by atoms with Crippen LogP contribution >= 0.6 is 0 Å². The lowest BCUT2D eigenvalue weighted by Gasteiger charge is -2.10. The van der Waals surface area contributed by atoms with E-state index in [9.17, 15) is 9.90 Å². The number of para-hydroxylation sites is 1. The van der Waals surface area contributed by atoms with Crippen LogP contribution in [0.4, 0.5) is 10.5 Å². The molecular weight excluding hydrogens is 256 g/mol. The van der Waals surface area contributed by atoms with Crippen LogP contribution in [0.25, 0.3) is 0 Å². The van der Waals surface area contributed by atoms with Crippen molar-refractivity contribution >= 4 is 11.7 Å². The van der Waals surface area contributed by atoms with E-state index in [4.69, 9.17) is 4.74 Å². The average molecular weight is 272 g/mol. The lowest BCUT2D eigenvalue weighted by Crippen LogP contribution is -2.32. The van der Waals surface area contributed by atoms with Crippen LogP contribution in [-0.2, 0) is 0 Å². The van der Waals surface area contributed by atoms with Crippen molar-refractivity contribution < 1.29 is 14.6 Å². The highest BCUT2D eigenvalue weighted by molar-refractivity contribution is 5.90. The maximum Gasteiger partial charge on any atom is 0.321 e. The summed E-state index contributed by atoms with van der Waals surface area (Å²) in [5.74, 6) is 0.695. The van der Waals surface area contributed by atoms with Crippen LogP contribution in [0.3, 0.4) is 0 Å². The molecule has 20 heavy (non-hydrogen) atoms. The number of aryl methyl sites for hydroxylation is 1. The van der Waals surface area contributed by atoms with Crippen LogP contribution in [-0.4, -0.2) is 17.9 Å². The third-order valence-electron chi connectivity index (χ3n) is 2.62. The molecule has 0 fully saturated rings. The van der Waals surface area contributed by atoms with Gasteiger partial charge in [-0.1, -0.05) is 24.3 Å². The van der Waals surface area contributed by atoms with E-state index in [1.165, 1.54) is 6.07 Å². The maximum atomic E-state index is 11.7. The molecule has 0 spiro atoms. The Bertz CT molecular complexity index is 585. The zero-order chi connectivity index (χ0) is 14.4. The molecule has 2 amide bonds. The largest absolute Gasteiger partial charge is 0.506 e. The summed E-state index contributed by atoms with van der Waals surface area (Å²) in [4.78, 5) is 11.7. The number of rotatable bonds is 4. The first-order valence-electron chi connectivity index (χ1n) is 6.17. The van der Waals surface area contributed by atoms with E-state index < -0.39 is 6.03 Å². The second-order valence-corrected chi connectivity index (χ2v) is 4.25. The molecule has 0 unspecified atom stereocenters. The fraction of sp³-hybridized carbons (Fsp3) is 0.133. The number of phenols is 1. The van der Waals surface area contributed by atoms with Crippen molar-refractivity contribution in [2.24, 2.45) is 0 Å². The number of amides is 2. The predicted octanol–water partition coefficient (Wildman–Crippen LogP) is 2.86. The topological polar surface area (TPSA) is 70.6 Å². The van der Waals surface area contributed by atoms with E-state index in [1.54, 1.807) is 24.3 Å². The summed E-state index contributed by atoms with van der Waals surface area (Å²) in [5.41, 5.74) is 1.31. The first-order chi connectivity index (χ1) is 9.65. The number of anilines is 1. The second-order valence-electron chi connectivity index (χ2n) is 4.25. The van der Waals surface area contributed by atoms with E-state index >= 15 is 0 Å². The van der Waals surface area contributed by atoms with Gasteiger partial charge in [0, 0.05) is 0 Å². The summed E-state index contributed by atoms with van der Waals surface area (Å²) in [6.45, 7) is 1.92. The van der Waals surface area contributed by atoms with Crippen molar-refractivity contribution in [1.82, 2.24) is 5.32 Å². The van der Waals surface area contributed by atoms with Crippen LogP contribution in [0.5, 0.6) is 11.5 Å². The van der Waals surface area contributed by atoms with Crippen LogP contribution < -0.4 is 15.4 Å². The quantitative estimate of drug-likeness (QED) is 0.592. The predicted molar refractivity (Wildman–Crippen MR) is 76.9 cm³/mol. The van der Waals surface area contributed by atoms with Gasteiger partial charge in [-0.3, -0.25) is 0 Å². The zero-order valence-electron chi connectivity index (χ0n) is 11.1. The van der Waals surface area contributed by atoms with Crippen molar-refractivity contribution in [2.75, 3.05) is 12.0 Å². The van der Waals surface area contributed by atoms with Crippen molar-refractivity contribution in [1.29, 1.82) is 0 Å². The Morgan fingerprint density at radius 2 is 1.95 bits per heavy atom. The molecule has 3 N–H and O–H groups in total. The summed E-state index contributed by atoms with van der Waals surface area (Å²) in [7, 11) is 0. The van der Waals surface area contributed by atoms with E-state index in [-0.39, 0.29) is 12.5 Å². The number of ether oxygens (including phenoxy) is 1. The molecule has 0 bridgehead atoms. The van der Waals surface area contributed by atoms with Crippen LogP contribution in [0.15, 0.2) is 48.5 Å². The molecule has 2 aromatic carbocycles. The lowest BCUT2D eigenvalue weighted by atomic mass is 10.2. The molecule has 0 aliphatic rings. The zero-order valence-corrected chi connectivity index (χ0v) is 11.1. The molecule has 5 nitrogen and oxygen atoms in total. The smallest absolute Gasteiger partial charge is 0.321 e. The Morgan fingerprint density at radius 1 is 1.20 bits per heavy atom. The van der Waals surface area contributed by atoms with E-state index in [0.29, 0.717) is 11.4 Å². The highest BCUT2D eigenvalue weighted by Crippen LogP contribution is 2.23. The van der Waals surface area contributed by atoms with E-state index in [2.05, 4.69) is 10.6 Å². The third-order valence-corrected chi connectivity index (χ3v) is 2.62. The van der Waals surface area contributed by atoms with Gasteiger partial charge in [0.1, 0.15) is 11.5 Å². The van der Waals surface area contributed by atoms with Gasteiger partial charge in [0.15, 0.2) is 6.73 Å². The standard InChI is InChI=1S/C15H16N2O3/c1-11-7-8-14(18)13(9-11)17-15(19)16-10-20-12-5-3-2-4-6-12/h2-9,18H,10H2,1H3,(H2,16,17,19). The minimum atomic E-state index is -0.443. The molecule has 104 valence electrons. The first kappa shape index (κ1) is 13.7. The molecule has 0 aliphatic heterocycles. The number of urea groups is 1. The minimum Gasteiger partial charge on any atom is -0.506 e. The molecule has 0 aliphatic carbocycles. The van der Waals surface area contributed by atoms with E-state index in [1.807, 2.05) is 25.1 Å². The monoisotopic (exact) mass is 272 g/mol. The molecule has 0 saturated heterocycles. The van der Waals surface area contributed by atoms with Gasteiger partial charge in [-0.25, -0.2) is 4.79 Å². The molecular formula is C15H16N2O3. The molecule has 2 aromatic rings. The Balaban J connectivity index is 1.82. The Kier molecular flexibility index (Phi) is 4.44. The number of nitrogens with one attached hydrogen (secondary N) is 2. The molecule has 2 rings (SSSR count). The van der Waals surface area contributed by atoms with Gasteiger partial charge in [-0.15, -0.1) is 0 Å². The van der Waals surface area contributed by atoms with Crippen molar-refractivity contribution in [3.63, 3.8) is 0 Å². The number of benzene rings is 2. The lowest BCUT2D eigenvalue weighted by molar-refractivity contribution is 0.234.